The molecule has 0 aromatic rings. The van der Waals surface area contributed by atoms with Crippen LogP contribution in [0.15, 0.2) is 0 Å². The molecule has 98 valence electrons. The van der Waals surface area contributed by atoms with Gasteiger partial charge in [0.25, 0.3) is 0 Å². The van der Waals surface area contributed by atoms with Gasteiger partial charge in [0.1, 0.15) is 0 Å². The third-order valence-corrected chi connectivity index (χ3v) is 2.80. The zero-order valence-electron chi connectivity index (χ0n) is 10.4. The van der Waals surface area contributed by atoms with E-state index < -0.39 is 12.7 Å². The Hall–Kier alpha value is -0.290. The molecule has 5 heteroatoms. The largest absolute Gasteiger partial charge is 0.401 e. The molecule has 0 spiro atoms. The fraction of sp³-hybridized carbons (Fsp3) is 1.00. The van der Waals surface area contributed by atoms with Crippen molar-refractivity contribution in [2.75, 3.05) is 26.2 Å². The Morgan fingerprint density at radius 1 is 1.12 bits per heavy atom. The van der Waals surface area contributed by atoms with Crippen LogP contribution in [0.3, 0.4) is 0 Å². The quantitative estimate of drug-likeness (QED) is 0.741. The topological polar surface area (TPSA) is 29.3 Å². The van der Waals surface area contributed by atoms with Gasteiger partial charge in [-0.3, -0.25) is 4.90 Å². The molecule has 0 saturated carbocycles. The molecule has 0 aliphatic rings. The fourth-order valence-electron chi connectivity index (χ4n) is 1.92. The molecule has 0 fully saturated rings. The van der Waals surface area contributed by atoms with Gasteiger partial charge in [-0.1, -0.05) is 27.2 Å². The summed E-state index contributed by atoms with van der Waals surface area (Å²) in [7, 11) is 0. The summed E-state index contributed by atoms with van der Waals surface area (Å²) >= 11 is 0. The van der Waals surface area contributed by atoms with Gasteiger partial charge < -0.3 is 5.73 Å². The van der Waals surface area contributed by atoms with E-state index in [9.17, 15) is 13.2 Å². The van der Waals surface area contributed by atoms with Gasteiger partial charge in [-0.2, -0.15) is 13.2 Å². The fourth-order valence-corrected chi connectivity index (χ4v) is 1.92. The smallest absolute Gasteiger partial charge is 0.330 e. The van der Waals surface area contributed by atoms with E-state index in [1.54, 1.807) is 6.92 Å². The predicted octanol–water partition coefficient (Wildman–Crippen LogP) is 2.64. The van der Waals surface area contributed by atoms with E-state index >= 15 is 0 Å². The molecule has 0 bridgehead atoms. The summed E-state index contributed by atoms with van der Waals surface area (Å²) in [4.78, 5) is 1.42. The maximum Gasteiger partial charge on any atom is 0.401 e. The highest BCUT2D eigenvalue weighted by molar-refractivity contribution is 4.79. The molecule has 1 atom stereocenters. The van der Waals surface area contributed by atoms with Crippen molar-refractivity contribution in [1.82, 2.24) is 4.90 Å². The van der Waals surface area contributed by atoms with Gasteiger partial charge in [-0.15, -0.1) is 0 Å². The first-order chi connectivity index (χ1) is 7.26. The zero-order chi connectivity index (χ0) is 12.8. The lowest BCUT2D eigenvalue weighted by atomic mass is 9.85. The molecule has 0 aromatic heterocycles. The van der Waals surface area contributed by atoms with Crippen LogP contribution in [0.4, 0.5) is 13.2 Å². The Morgan fingerprint density at radius 3 is 2.00 bits per heavy atom. The van der Waals surface area contributed by atoms with E-state index in [2.05, 4.69) is 0 Å². The number of nitrogens with two attached hydrogens (primary N) is 1. The third kappa shape index (κ3) is 6.33. The Balaban J connectivity index is 4.38. The van der Waals surface area contributed by atoms with Crippen LogP contribution in [0.2, 0.25) is 0 Å². The highest BCUT2D eigenvalue weighted by Gasteiger charge is 2.33. The molecule has 0 rings (SSSR count). The molecule has 0 amide bonds. The SMILES string of the molecule is CCCC(C)(CN)CN(CC)CC(F)(F)F. The lowest BCUT2D eigenvalue weighted by Crippen LogP contribution is -2.44. The maximum absolute atomic E-state index is 12.3. The molecule has 0 aliphatic heterocycles. The van der Waals surface area contributed by atoms with Crippen molar-refractivity contribution < 1.29 is 13.2 Å². The van der Waals surface area contributed by atoms with Crippen molar-refractivity contribution in [3.05, 3.63) is 0 Å². The normalized spacial score (nSPS) is 16.5. The van der Waals surface area contributed by atoms with Crippen LogP contribution in [0.1, 0.15) is 33.6 Å². The molecule has 1 unspecified atom stereocenters. The number of rotatable bonds is 7. The summed E-state index contributed by atoms with van der Waals surface area (Å²) in [6, 6.07) is 0. The lowest BCUT2D eigenvalue weighted by molar-refractivity contribution is -0.148. The first-order valence-corrected chi connectivity index (χ1v) is 5.75. The number of nitrogens with zero attached hydrogens (tertiary/aromatic N) is 1. The van der Waals surface area contributed by atoms with E-state index in [-0.39, 0.29) is 5.41 Å². The molecule has 2 N–H and O–H groups in total. The monoisotopic (exact) mass is 240 g/mol. The summed E-state index contributed by atoms with van der Waals surface area (Å²) in [5.41, 5.74) is 5.44. The lowest BCUT2D eigenvalue weighted by Gasteiger charge is -2.34. The molecular weight excluding hydrogens is 217 g/mol. The second-order valence-electron chi connectivity index (χ2n) is 4.68. The average molecular weight is 240 g/mol. The van der Waals surface area contributed by atoms with Crippen LogP contribution in [0.5, 0.6) is 0 Å². The molecular formula is C11H23F3N2. The number of hydrogen-bond acceptors (Lipinski definition) is 2. The van der Waals surface area contributed by atoms with Crippen LogP contribution in [0, 0.1) is 5.41 Å². The molecule has 0 aliphatic carbocycles. The molecule has 0 aromatic carbocycles. The number of alkyl halides is 3. The van der Waals surface area contributed by atoms with Crippen molar-refractivity contribution in [1.29, 1.82) is 0 Å². The minimum absolute atomic E-state index is 0.212. The Morgan fingerprint density at radius 2 is 1.69 bits per heavy atom. The molecule has 16 heavy (non-hydrogen) atoms. The molecule has 0 radical (unpaired) electrons. The zero-order valence-corrected chi connectivity index (χ0v) is 10.4. The van der Waals surface area contributed by atoms with Crippen LogP contribution >= 0.6 is 0 Å². The van der Waals surface area contributed by atoms with Crippen molar-refractivity contribution in [3.63, 3.8) is 0 Å². The van der Waals surface area contributed by atoms with E-state index in [0.29, 0.717) is 19.6 Å². The van der Waals surface area contributed by atoms with E-state index in [1.165, 1.54) is 4.90 Å². The van der Waals surface area contributed by atoms with Gasteiger partial charge in [0.05, 0.1) is 6.54 Å². The van der Waals surface area contributed by atoms with Crippen LogP contribution in [-0.4, -0.2) is 37.3 Å². The minimum atomic E-state index is -4.13. The number of hydrogen-bond donors (Lipinski definition) is 1. The van der Waals surface area contributed by atoms with E-state index in [0.717, 1.165) is 12.8 Å². The molecule has 0 saturated heterocycles. The summed E-state index contributed by atoms with van der Waals surface area (Å²) < 4.78 is 36.9. The summed E-state index contributed by atoms with van der Waals surface area (Å²) in [6.07, 6.45) is -2.33. The Kier molecular flexibility index (Phi) is 6.33. The van der Waals surface area contributed by atoms with E-state index in [1.807, 2.05) is 13.8 Å². The maximum atomic E-state index is 12.3. The molecule has 2 nitrogen and oxygen atoms in total. The standard InChI is InChI=1S/C11H23F3N2/c1-4-6-10(3,7-15)8-16(5-2)9-11(12,13)14/h4-9,15H2,1-3H3. The second kappa shape index (κ2) is 6.45. The Bertz CT molecular complexity index is 194. The average Bonchev–Trinajstić information content (AvgIpc) is 2.15. The summed E-state index contributed by atoms with van der Waals surface area (Å²) in [6.45, 7) is 6.11. The summed E-state index contributed by atoms with van der Waals surface area (Å²) in [5, 5.41) is 0. The van der Waals surface area contributed by atoms with Gasteiger partial charge in [0.15, 0.2) is 0 Å². The van der Waals surface area contributed by atoms with Crippen molar-refractivity contribution in [2.24, 2.45) is 11.1 Å². The van der Waals surface area contributed by atoms with Gasteiger partial charge >= 0.3 is 6.18 Å². The van der Waals surface area contributed by atoms with Crippen LogP contribution < -0.4 is 5.73 Å². The van der Waals surface area contributed by atoms with Crippen molar-refractivity contribution >= 4 is 0 Å². The Labute approximate surface area is 96.0 Å². The van der Waals surface area contributed by atoms with Gasteiger partial charge in [-0.05, 0) is 24.9 Å². The molecule has 0 heterocycles. The van der Waals surface area contributed by atoms with Crippen LogP contribution in [0.25, 0.3) is 0 Å². The first kappa shape index (κ1) is 15.7. The van der Waals surface area contributed by atoms with Gasteiger partial charge in [-0.25, -0.2) is 0 Å². The van der Waals surface area contributed by atoms with Gasteiger partial charge in [0, 0.05) is 6.54 Å². The van der Waals surface area contributed by atoms with Crippen LogP contribution in [-0.2, 0) is 0 Å². The highest BCUT2D eigenvalue weighted by Crippen LogP contribution is 2.25. The minimum Gasteiger partial charge on any atom is -0.330 e. The predicted molar refractivity (Wildman–Crippen MR) is 60.2 cm³/mol. The van der Waals surface area contributed by atoms with E-state index in [4.69, 9.17) is 5.73 Å². The number of halogens is 3. The highest BCUT2D eigenvalue weighted by atomic mass is 19.4. The first-order valence-electron chi connectivity index (χ1n) is 5.75. The second-order valence-corrected chi connectivity index (χ2v) is 4.68. The van der Waals surface area contributed by atoms with Gasteiger partial charge in [0.2, 0.25) is 0 Å². The van der Waals surface area contributed by atoms with Crippen molar-refractivity contribution in [2.45, 2.75) is 39.8 Å². The summed E-state index contributed by atoms with van der Waals surface area (Å²) in [5.74, 6) is 0. The van der Waals surface area contributed by atoms with Crippen molar-refractivity contribution in [3.8, 4) is 0 Å². The third-order valence-electron chi connectivity index (χ3n) is 2.80.